The highest BCUT2D eigenvalue weighted by atomic mass is 32.1. The molecule has 1 amide bonds. The molecule has 20 heavy (non-hydrogen) atoms. The van der Waals surface area contributed by atoms with Crippen LogP contribution in [0.25, 0.3) is 0 Å². The smallest absolute Gasteiger partial charge is 0.266 e. The third kappa shape index (κ3) is 2.57. The topological polar surface area (TPSA) is 55.3 Å². The predicted molar refractivity (Wildman–Crippen MR) is 75.7 cm³/mol. The van der Waals surface area contributed by atoms with Crippen LogP contribution in [-0.4, -0.2) is 40.5 Å². The second-order valence-corrected chi connectivity index (χ2v) is 5.51. The lowest BCUT2D eigenvalue weighted by atomic mass is 10.1. The number of aromatic nitrogens is 2. The minimum absolute atomic E-state index is 0.0485. The number of aryl methyl sites for hydroxylation is 1. The van der Waals surface area contributed by atoms with Gasteiger partial charge in [0.1, 0.15) is 11.0 Å². The number of hydrogen-bond acceptors (Lipinski definition) is 5. The molecular weight excluding hydrogens is 274 g/mol. The van der Waals surface area contributed by atoms with E-state index < -0.39 is 0 Å². The SMILES string of the molecule is Cc1ncsc1C(=O)N1CCO[C@H](c2ccncc2)C1. The van der Waals surface area contributed by atoms with E-state index in [2.05, 4.69) is 9.97 Å². The molecule has 2 aromatic heterocycles. The van der Waals surface area contributed by atoms with Crippen molar-refractivity contribution in [3.05, 3.63) is 46.2 Å². The van der Waals surface area contributed by atoms with Crippen molar-refractivity contribution in [3.8, 4) is 0 Å². The number of carbonyl (C=O) groups is 1. The fourth-order valence-corrected chi connectivity index (χ4v) is 3.03. The van der Waals surface area contributed by atoms with Crippen LogP contribution in [0.4, 0.5) is 0 Å². The lowest BCUT2D eigenvalue weighted by molar-refractivity contribution is -0.0227. The molecule has 2 aromatic rings. The molecule has 0 aliphatic carbocycles. The summed E-state index contributed by atoms with van der Waals surface area (Å²) in [5, 5.41) is 0. The zero-order chi connectivity index (χ0) is 13.9. The molecule has 0 N–H and O–H groups in total. The molecule has 0 aromatic carbocycles. The Balaban J connectivity index is 1.76. The van der Waals surface area contributed by atoms with E-state index in [1.807, 2.05) is 24.0 Å². The minimum atomic E-state index is -0.0797. The number of thiazole rings is 1. The maximum Gasteiger partial charge on any atom is 0.266 e. The van der Waals surface area contributed by atoms with Crippen LogP contribution in [0.15, 0.2) is 30.0 Å². The van der Waals surface area contributed by atoms with Gasteiger partial charge in [0, 0.05) is 18.9 Å². The summed E-state index contributed by atoms with van der Waals surface area (Å²) in [5.74, 6) is 0.0485. The Morgan fingerprint density at radius 3 is 2.95 bits per heavy atom. The third-order valence-corrected chi connectivity index (χ3v) is 4.29. The van der Waals surface area contributed by atoms with E-state index in [0.717, 1.165) is 16.1 Å². The summed E-state index contributed by atoms with van der Waals surface area (Å²) in [7, 11) is 0. The molecule has 1 aliphatic heterocycles. The summed E-state index contributed by atoms with van der Waals surface area (Å²) in [4.78, 5) is 23.2. The van der Waals surface area contributed by atoms with Gasteiger partial charge in [-0.3, -0.25) is 9.78 Å². The van der Waals surface area contributed by atoms with Crippen LogP contribution in [0.1, 0.15) is 27.0 Å². The van der Waals surface area contributed by atoms with Crippen LogP contribution < -0.4 is 0 Å². The van der Waals surface area contributed by atoms with Gasteiger partial charge in [0.05, 0.1) is 24.4 Å². The molecule has 0 bridgehead atoms. The van der Waals surface area contributed by atoms with Crippen molar-refractivity contribution in [1.82, 2.24) is 14.9 Å². The molecule has 1 saturated heterocycles. The first kappa shape index (κ1) is 13.2. The fraction of sp³-hybridized carbons (Fsp3) is 0.357. The molecule has 5 nitrogen and oxygen atoms in total. The Morgan fingerprint density at radius 1 is 1.45 bits per heavy atom. The van der Waals surface area contributed by atoms with E-state index in [-0.39, 0.29) is 12.0 Å². The van der Waals surface area contributed by atoms with Gasteiger partial charge < -0.3 is 9.64 Å². The summed E-state index contributed by atoms with van der Waals surface area (Å²) in [6, 6.07) is 3.85. The molecule has 0 radical (unpaired) electrons. The van der Waals surface area contributed by atoms with E-state index in [9.17, 15) is 4.79 Å². The van der Waals surface area contributed by atoms with Crippen molar-refractivity contribution < 1.29 is 9.53 Å². The second kappa shape index (κ2) is 5.68. The van der Waals surface area contributed by atoms with Gasteiger partial charge in [0.25, 0.3) is 5.91 Å². The molecular formula is C14H15N3O2S. The van der Waals surface area contributed by atoms with E-state index in [1.165, 1.54) is 11.3 Å². The third-order valence-electron chi connectivity index (χ3n) is 3.37. The zero-order valence-corrected chi connectivity index (χ0v) is 12.0. The minimum Gasteiger partial charge on any atom is -0.370 e. The van der Waals surface area contributed by atoms with Crippen LogP contribution in [0.3, 0.4) is 0 Å². The van der Waals surface area contributed by atoms with Crippen molar-refractivity contribution >= 4 is 17.2 Å². The van der Waals surface area contributed by atoms with Gasteiger partial charge in [0.15, 0.2) is 0 Å². The molecule has 6 heteroatoms. The molecule has 1 aliphatic rings. The van der Waals surface area contributed by atoms with Gasteiger partial charge >= 0.3 is 0 Å². The highest BCUT2D eigenvalue weighted by Gasteiger charge is 2.27. The molecule has 3 rings (SSSR count). The van der Waals surface area contributed by atoms with Gasteiger partial charge in [0.2, 0.25) is 0 Å². The molecule has 0 unspecified atom stereocenters. The highest BCUT2D eigenvalue weighted by molar-refractivity contribution is 7.11. The molecule has 0 spiro atoms. The Bertz CT molecular complexity index is 599. The fourth-order valence-electron chi connectivity index (χ4n) is 2.26. The van der Waals surface area contributed by atoms with Crippen LogP contribution in [0.2, 0.25) is 0 Å². The Morgan fingerprint density at radius 2 is 2.25 bits per heavy atom. The van der Waals surface area contributed by atoms with Crippen LogP contribution in [0, 0.1) is 6.92 Å². The summed E-state index contributed by atoms with van der Waals surface area (Å²) >= 11 is 1.40. The normalized spacial score (nSPS) is 19.1. The van der Waals surface area contributed by atoms with E-state index in [0.29, 0.717) is 19.7 Å². The van der Waals surface area contributed by atoms with Gasteiger partial charge in [-0.1, -0.05) is 0 Å². The standard InChI is InChI=1S/C14H15N3O2S/c1-10-13(20-9-16-10)14(18)17-6-7-19-12(8-17)11-2-4-15-5-3-11/h2-5,9,12H,6-8H2,1H3/t12-/m0/s1. The van der Waals surface area contributed by atoms with Crippen molar-refractivity contribution in [2.75, 3.05) is 19.7 Å². The van der Waals surface area contributed by atoms with Crippen LogP contribution in [0.5, 0.6) is 0 Å². The summed E-state index contributed by atoms with van der Waals surface area (Å²) in [6.45, 7) is 3.61. The molecule has 0 saturated carbocycles. The molecule has 1 atom stereocenters. The Kier molecular flexibility index (Phi) is 3.75. The highest BCUT2D eigenvalue weighted by Crippen LogP contribution is 2.24. The maximum atomic E-state index is 12.5. The number of ether oxygens (including phenoxy) is 1. The average Bonchev–Trinajstić information content (AvgIpc) is 2.94. The number of hydrogen-bond donors (Lipinski definition) is 0. The first-order valence-electron chi connectivity index (χ1n) is 6.46. The number of carbonyl (C=O) groups excluding carboxylic acids is 1. The van der Waals surface area contributed by atoms with E-state index in [4.69, 9.17) is 4.74 Å². The zero-order valence-electron chi connectivity index (χ0n) is 11.2. The summed E-state index contributed by atoms with van der Waals surface area (Å²) in [5.41, 5.74) is 3.56. The van der Waals surface area contributed by atoms with Crippen molar-refractivity contribution in [1.29, 1.82) is 0 Å². The quantitative estimate of drug-likeness (QED) is 0.849. The maximum absolute atomic E-state index is 12.5. The second-order valence-electron chi connectivity index (χ2n) is 4.66. The lowest BCUT2D eigenvalue weighted by Crippen LogP contribution is -2.42. The van der Waals surface area contributed by atoms with Crippen LogP contribution in [-0.2, 0) is 4.74 Å². The molecule has 104 valence electrons. The number of morpholine rings is 1. The predicted octanol–water partition coefficient (Wildman–Crippen LogP) is 2.06. The molecule has 1 fully saturated rings. The molecule has 3 heterocycles. The summed E-state index contributed by atoms with van der Waals surface area (Å²) < 4.78 is 5.76. The summed E-state index contributed by atoms with van der Waals surface area (Å²) in [6.07, 6.45) is 3.41. The first-order chi connectivity index (χ1) is 9.75. The number of amides is 1. The lowest BCUT2D eigenvalue weighted by Gasteiger charge is -2.33. The van der Waals surface area contributed by atoms with Gasteiger partial charge in [-0.15, -0.1) is 11.3 Å². The van der Waals surface area contributed by atoms with E-state index in [1.54, 1.807) is 17.9 Å². The van der Waals surface area contributed by atoms with Crippen molar-refractivity contribution in [2.24, 2.45) is 0 Å². The van der Waals surface area contributed by atoms with Gasteiger partial charge in [-0.05, 0) is 24.6 Å². The van der Waals surface area contributed by atoms with Gasteiger partial charge in [-0.25, -0.2) is 4.98 Å². The number of nitrogens with zero attached hydrogens (tertiary/aromatic N) is 3. The Hall–Kier alpha value is -1.79. The number of pyridine rings is 1. The van der Waals surface area contributed by atoms with Crippen molar-refractivity contribution in [2.45, 2.75) is 13.0 Å². The van der Waals surface area contributed by atoms with E-state index >= 15 is 0 Å². The largest absolute Gasteiger partial charge is 0.370 e. The average molecular weight is 289 g/mol. The monoisotopic (exact) mass is 289 g/mol. The first-order valence-corrected chi connectivity index (χ1v) is 7.34. The van der Waals surface area contributed by atoms with Crippen molar-refractivity contribution in [3.63, 3.8) is 0 Å². The Labute approximate surface area is 121 Å². The van der Waals surface area contributed by atoms with Crippen LogP contribution >= 0.6 is 11.3 Å². The van der Waals surface area contributed by atoms with Gasteiger partial charge in [-0.2, -0.15) is 0 Å². The number of rotatable bonds is 2.